The lowest BCUT2D eigenvalue weighted by Crippen LogP contribution is -2.45. The molecule has 7 heteroatoms. The number of hydrogen-bond acceptors (Lipinski definition) is 2. The van der Waals surface area contributed by atoms with Gasteiger partial charge in [-0.3, -0.25) is 0 Å². The first-order chi connectivity index (χ1) is 11.8. The molecule has 1 N–H and O–H groups in total. The summed E-state index contributed by atoms with van der Waals surface area (Å²) in [7, 11) is 0. The van der Waals surface area contributed by atoms with Crippen LogP contribution in [0.2, 0.25) is 5.02 Å². The van der Waals surface area contributed by atoms with Gasteiger partial charge in [0.05, 0.1) is 5.57 Å². The second kappa shape index (κ2) is 6.44. The van der Waals surface area contributed by atoms with E-state index in [0.717, 1.165) is 0 Å². The summed E-state index contributed by atoms with van der Waals surface area (Å²) in [5.74, 6) is -5.58. The number of hydrogen-bond donors (Lipinski definition) is 1. The highest BCUT2D eigenvalue weighted by Crippen LogP contribution is 2.44. The van der Waals surface area contributed by atoms with E-state index in [4.69, 9.17) is 16.3 Å². The molecular formula is C18H12ClF3O3. The lowest BCUT2D eigenvalue weighted by Gasteiger charge is -2.33. The van der Waals surface area contributed by atoms with Gasteiger partial charge in [-0.2, -0.15) is 8.78 Å². The van der Waals surface area contributed by atoms with Crippen LogP contribution >= 0.6 is 11.6 Å². The molecule has 25 heavy (non-hydrogen) atoms. The van der Waals surface area contributed by atoms with Crippen molar-refractivity contribution in [2.24, 2.45) is 0 Å². The zero-order valence-electron chi connectivity index (χ0n) is 12.7. The maximum Gasteiger partial charge on any atom is 0.336 e. The van der Waals surface area contributed by atoms with Gasteiger partial charge in [0, 0.05) is 16.2 Å². The van der Waals surface area contributed by atoms with Crippen molar-refractivity contribution in [3.8, 4) is 5.75 Å². The fraction of sp³-hybridized carbons (Fsp3) is 0.167. The van der Waals surface area contributed by atoms with Gasteiger partial charge in [0.25, 0.3) is 0 Å². The third-order valence-electron chi connectivity index (χ3n) is 3.84. The molecule has 0 bridgehead atoms. The Hall–Kier alpha value is -2.47. The Balaban J connectivity index is 2.36. The van der Waals surface area contributed by atoms with E-state index in [1.54, 1.807) is 30.3 Å². The SMILES string of the molecule is O=C(O)C1=C(c2ccccc2)c2cc(Cl)ccc2OC1C(F)(F)CF. The van der Waals surface area contributed by atoms with Crippen LogP contribution in [0.15, 0.2) is 54.1 Å². The van der Waals surface area contributed by atoms with E-state index < -0.39 is 30.2 Å². The third-order valence-corrected chi connectivity index (χ3v) is 4.08. The lowest BCUT2D eigenvalue weighted by molar-refractivity contribution is -0.139. The fourth-order valence-electron chi connectivity index (χ4n) is 2.76. The molecule has 0 aromatic heterocycles. The summed E-state index contributed by atoms with van der Waals surface area (Å²) in [6.45, 7) is -2.04. The highest BCUT2D eigenvalue weighted by atomic mass is 35.5. The maximum atomic E-state index is 14.1. The Morgan fingerprint density at radius 2 is 1.88 bits per heavy atom. The zero-order valence-corrected chi connectivity index (χ0v) is 13.4. The van der Waals surface area contributed by atoms with Crippen LogP contribution in [0, 0.1) is 0 Å². The molecule has 130 valence electrons. The molecule has 0 amide bonds. The minimum Gasteiger partial charge on any atom is -0.478 e. The number of halogens is 4. The molecular weight excluding hydrogens is 357 g/mol. The highest BCUT2D eigenvalue weighted by molar-refractivity contribution is 6.31. The van der Waals surface area contributed by atoms with E-state index in [9.17, 15) is 23.1 Å². The largest absolute Gasteiger partial charge is 0.478 e. The van der Waals surface area contributed by atoms with Crippen LogP contribution in [-0.2, 0) is 4.79 Å². The number of aliphatic carboxylic acids is 1. The van der Waals surface area contributed by atoms with E-state index in [0.29, 0.717) is 5.56 Å². The number of carboxylic acids is 1. The van der Waals surface area contributed by atoms with E-state index >= 15 is 0 Å². The van der Waals surface area contributed by atoms with Gasteiger partial charge >= 0.3 is 11.9 Å². The van der Waals surface area contributed by atoms with Crippen molar-refractivity contribution in [1.82, 2.24) is 0 Å². The van der Waals surface area contributed by atoms with Gasteiger partial charge in [-0.25, -0.2) is 9.18 Å². The van der Waals surface area contributed by atoms with Gasteiger partial charge in [0.2, 0.25) is 0 Å². The molecule has 0 aliphatic carbocycles. The van der Waals surface area contributed by atoms with Crippen molar-refractivity contribution in [2.75, 3.05) is 6.67 Å². The van der Waals surface area contributed by atoms with E-state index in [2.05, 4.69) is 0 Å². The summed E-state index contributed by atoms with van der Waals surface area (Å²) in [6, 6.07) is 12.4. The van der Waals surface area contributed by atoms with Gasteiger partial charge in [-0.1, -0.05) is 41.9 Å². The summed E-state index contributed by atoms with van der Waals surface area (Å²) in [5.41, 5.74) is -0.00743. The smallest absolute Gasteiger partial charge is 0.336 e. The Labute approximate surface area is 146 Å². The van der Waals surface area contributed by atoms with Crippen molar-refractivity contribution in [3.05, 3.63) is 70.3 Å². The molecule has 1 heterocycles. The molecule has 2 aromatic rings. The number of carbonyl (C=O) groups is 1. The lowest BCUT2D eigenvalue weighted by atomic mass is 9.86. The van der Waals surface area contributed by atoms with E-state index in [-0.39, 0.29) is 21.9 Å². The summed E-state index contributed by atoms with van der Waals surface area (Å²) in [5, 5.41) is 9.86. The first kappa shape index (κ1) is 17.4. The minimum absolute atomic E-state index is 0.0198. The molecule has 0 fully saturated rings. The van der Waals surface area contributed by atoms with Crippen molar-refractivity contribution in [1.29, 1.82) is 0 Å². The summed E-state index contributed by atoms with van der Waals surface area (Å²) >= 11 is 5.98. The Morgan fingerprint density at radius 3 is 2.48 bits per heavy atom. The van der Waals surface area contributed by atoms with E-state index in [1.165, 1.54) is 18.2 Å². The van der Waals surface area contributed by atoms with Crippen LogP contribution in [-0.4, -0.2) is 29.8 Å². The first-order valence-corrected chi connectivity index (χ1v) is 7.66. The average molecular weight is 369 g/mol. The van der Waals surface area contributed by atoms with Gasteiger partial charge in [0.15, 0.2) is 12.8 Å². The minimum atomic E-state index is -3.99. The van der Waals surface area contributed by atoms with Crippen LogP contribution in [0.4, 0.5) is 13.2 Å². The zero-order chi connectivity index (χ0) is 18.2. The molecule has 3 rings (SSSR count). The fourth-order valence-corrected chi connectivity index (χ4v) is 2.94. The predicted molar refractivity (Wildman–Crippen MR) is 86.9 cm³/mol. The van der Waals surface area contributed by atoms with Gasteiger partial charge < -0.3 is 9.84 Å². The number of benzene rings is 2. The van der Waals surface area contributed by atoms with Crippen LogP contribution < -0.4 is 4.74 Å². The summed E-state index contributed by atoms with van der Waals surface area (Å²) in [6.07, 6.45) is -2.25. The van der Waals surface area contributed by atoms with Crippen LogP contribution in [0.1, 0.15) is 11.1 Å². The first-order valence-electron chi connectivity index (χ1n) is 7.28. The highest BCUT2D eigenvalue weighted by Gasteiger charge is 2.50. The molecule has 1 aliphatic rings. The average Bonchev–Trinajstić information content (AvgIpc) is 2.60. The Kier molecular flexibility index (Phi) is 4.47. The second-order valence-electron chi connectivity index (χ2n) is 5.49. The molecule has 2 aromatic carbocycles. The number of rotatable bonds is 4. The van der Waals surface area contributed by atoms with Crippen molar-refractivity contribution in [3.63, 3.8) is 0 Å². The molecule has 0 spiro atoms. The van der Waals surface area contributed by atoms with Crippen molar-refractivity contribution >= 4 is 23.1 Å². The Morgan fingerprint density at radius 1 is 1.20 bits per heavy atom. The van der Waals surface area contributed by atoms with Crippen molar-refractivity contribution in [2.45, 2.75) is 12.0 Å². The second-order valence-corrected chi connectivity index (χ2v) is 5.93. The third kappa shape index (κ3) is 3.09. The van der Waals surface area contributed by atoms with Crippen LogP contribution in [0.25, 0.3) is 5.57 Å². The van der Waals surface area contributed by atoms with Crippen molar-refractivity contribution < 1.29 is 27.8 Å². The van der Waals surface area contributed by atoms with Gasteiger partial charge in [-0.05, 0) is 23.8 Å². The number of carboxylic acid groups (broad SMARTS) is 1. The van der Waals surface area contributed by atoms with Crippen LogP contribution in [0.5, 0.6) is 5.75 Å². The number of alkyl halides is 3. The summed E-state index contributed by atoms with van der Waals surface area (Å²) < 4.78 is 46.3. The molecule has 1 aliphatic heterocycles. The summed E-state index contributed by atoms with van der Waals surface area (Å²) in [4.78, 5) is 11.8. The Bertz CT molecular complexity index is 850. The standard InChI is InChI=1S/C18H12ClF3O3/c19-11-6-7-13-12(8-11)14(10-4-2-1-3-5-10)15(17(23)24)16(25-13)18(21,22)9-20/h1-8,16H,9H2,(H,23,24). The molecule has 3 nitrogen and oxygen atoms in total. The molecule has 0 saturated carbocycles. The maximum absolute atomic E-state index is 14.1. The predicted octanol–water partition coefficient (Wildman–Crippen LogP) is 4.59. The molecule has 1 unspecified atom stereocenters. The monoisotopic (exact) mass is 368 g/mol. The van der Waals surface area contributed by atoms with Gasteiger partial charge in [0.1, 0.15) is 5.75 Å². The topological polar surface area (TPSA) is 46.5 Å². The number of ether oxygens (including phenoxy) is 1. The van der Waals surface area contributed by atoms with Crippen LogP contribution in [0.3, 0.4) is 0 Å². The number of fused-ring (bicyclic) bond motifs is 1. The molecule has 1 atom stereocenters. The quantitative estimate of drug-likeness (QED) is 0.858. The normalized spacial score (nSPS) is 17.0. The van der Waals surface area contributed by atoms with Gasteiger partial charge in [-0.15, -0.1) is 0 Å². The molecule has 0 radical (unpaired) electrons. The van der Waals surface area contributed by atoms with E-state index in [1.807, 2.05) is 0 Å². The molecule has 0 saturated heterocycles.